The Labute approximate surface area is 139 Å². The van der Waals surface area contributed by atoms with Crippen molar-refractivity contribution in [1.29, 1.82) is 0 Å². The molecular formula is C15H19ClN2O5. The second-order valence-corrected chi connectivity index (χ2v) is 5.13. The third kappa shape index (κ3) is 7.51. The lowest BCUT2D eigenvalue weighted by atomic mass is 10.2. The van der Waals surface area contributed by atoms with E-state index in [2.05, 4.69) is 10.6 Å². The van der Waals surface area contributed by atoms with Gasteiger partial charge in [-0.1, -0.05) is 18.5 Å². The molecule has 0 aliphatic carbocycles. The number of amides is 2. The molecule has 0 bridgehead atoms. The monoisotopic (exact) mass is 342 g/mol. The summed E-state index contributed by atoms with van der Waals surface area (Å²) in [6, 6.07) is 4.46. The smallest absolute Gasteiger partial charge is 0.341 e. The van der Waals surface area contributed by atoms with Crippen LogP contribution in [0.3, 0.4) is 0 Å². The Hall–Kier alpha value is -2.28. The van der Waals surface area contributed by atoms with Gasteiger partial charge in [-0.3, -0.25) is 9.59 Å². The van der Waals surface area contributed by atoms with Crippen molar-refractivity contribution >= 4 is 35.1 Å². The molecule has 0 aromatic heterocycles. The molecule has 1 aromatic carbocycles. The van der Waals surface area contributed by atoms with Crippen molar-refractivity contribution in [3.63, 3.8) is 0 Å². The third-order valence-corrected chi connectivity index (χ3v) is 3.01. The summed E-state index contributed by atoms with van der Waals surface area (Å²) in [5.74, 6) is -1.38. The molecule has 0 aliphatic rings. The molecule has 1 aromatic rings. The van der Waals surface area contributed by atoms with Crippen LogP contribution in [0.15, 0.2) is 18.2 Å². The maximum absolute atomic E-state index is 11.8. The van der Waals surface area contributed by atoms with Gasteiger partial charge in [-0.2, -0.15) is 0 Å². The Balaban J connectivity index is 2.47. The number of aliphatic carboxylic acids is 1. The highest BCUT2D eigenvalue weighted by Gasteiger charge is 2.09. The van der Waals surface area contributed by atoms with Crippen LogP contribution in [0.25, 0.3) is 0 Å². The molecule has 0 fully saturated rings. The van der Waals surface area contributed by atoms with Crippen LogP contribution in [0.4, 0.5) is 5.69 Å². The number of hydrogen-bond donors (Lipinski definition) is 3. The summed E-state index contributed by atoms with van der Waals surface area (Å²) in [5, 5.41) is 14.0. The van der Waals surface area contributed by atoms with Gasteiger partial charge in [0.05, 0.1) is 5.02 Å². The van der Waals surface area contributed by atoms with Crippen molar-refractivity contribution in [3.05, 3.63) is 23.2 Å². The number of ether oxygens (including phenoxy) is 1. The molecule has 23 heavy (non-hydrogen) atoms. The van der Waals surface area contributed by atoms with Crippen molar-refractivity contribution in [3.8, 4) is 5.75 Å². The summed E-state index contributed by atoms with van der Waals surface area (Å²) in [6.07, 6.45) is 1.01. The van der Waals surface area contributed by atoms with E-state index in [0.29, 0.717) is 12.2 Å². The fourth-order valence-corrected chi connectivity index (χ4v) is 1.87. The van der Waals surface area contributed by atoms with Gasteiger partial charge in [0.2, 0.25) is 11.8 Å². The van der Waals surface area contributed by atoms with Gasteiger partial charge in [-0.05, 0) is 24.6 Å². The van der Waals surface area contributed by atoms with E-state index in [4.69, 9.17) is 21.4 Å². The van der Waals surface area contributed by atoms with E-state index in [0.717, 1.165) is 6.42 Å². The average molecular weight is 343 g/mol. The predicted octanol–water partition coefficient (Wildman–Crippen LogP) is 2.05. The second kappa shape index (κ2) is 9.68. The lowest BCUT2D eigenvalue weighted by molar-refractivity contribution is -0.139. The first-order valence-corrected chi connectivity index (χ1v) is 7.51. The van der Waals surface area contributed by atoms with Crippen LogP contribution in [0, 0.1) is 0 Å². The second-order valence-electron chi connectivity index (χ2n) is 4.73. The van der Waals surface area contributed by atoms with Gasteiger partial charge < -0.3 is 20.5 Å². The van der Waals surface area contributed by atoms with Crippen molar-refractivity contribution in [1.82, 2.24) is 5.32 Å². The van der Waals surface area contributed by atoms with E-state index >= 15 is 0 Å². The summed E-state index contributed by atoms with van der Waals surface area (Å²) in [7, 11) is 0. The summed E-state index contributed by atoms with van der Waals surface area (Å²) < 4.78 is 4.98. The first-order chi connectivity index (χ1) is 10.9. The molecule has 0 saturated carbocycles. The van der Waals surface area contributed by atoms with Crippen LogP contribution in [0.1, 0.15) is 26.2 Å². The molecule has 1 rings (SSSR count). The van der Waals surface area contributed by atoms with Gasteiger partial charge in [-0.25, -0.2) is 4.79 Å². The number of benzene rings is 1. The highest BCUT2D eigenvalue weighted by atomic mass is 35.5. The summed E-state index contributed by atoms with van der Waals surface area (Å²) in [5.41, 5.74) is 0.441. The Morgan fingerprint density at radius 1 is 1.22 bits per heavy atom. The van der Waals surface area contributed by atoms with Gasteiger partial charge >= 0.3 is 5.97 Å². The molecular weight excluding hydrogens is 324 g/mol. The van der Waals surface area contributed by atoms with Crippen LogP contribution in [-0.4, -0.2) is 36.0 Å². The molecule has 126 valence electrons. The molecule has 0 spiro atoms. The van der Waals surface area contributed by atoms with Crippen molar-refractivity contribution in [2.75, 3.05) is 18.5 Å². The first-order valence-electron chi connectivity index (χ1n) is 7.13. The Bertz CT molecular complexity index is 577. The number of carbonyl (C=O) groups excluding carboxylic acids is 2. The summed E-state index contributed by atoms with van der Waals surface area (Å²) in [6.45, 7) is 2.03. The zero-order valence-corrected chi connectivity index (χ0v) is 13.5. The van der Waals surface area contributed by atoms with E-state index < -0.39 is 12.6 Å². The molecule has 0 aliphatic heterocycles. The van der Waals surface area contributed by atoms with Gasteiger partial charge in [-0.15, -0.1) is 0 Å². The van der Waals surface area contributed by atoms with Crippen LogP contribution >= 0.6 is 11.6 Å². The van der Waals surface area contributed by atoms with Gasteiger partial charge in [0.1, 0.15) is 5.75 Å². The maximum atomic E-state index is 11.8. The van der Waals surface area contributed by atoms with Crippen LogP contribution in [-0.2, 0) is 14.4 Å². The van der Waals surface area contributed by atoms with Crippen molar-refractivity contribution in [2.24, 2.45) is 0 Å². The lowest BCUT2D eigenvalue weighted by Crippen LogP contribution is -2.25. The maximum Gasteiger partial charge on any atom is 0.341 e. The molecule has 0 unspecified atom stereocenters. The minimum absolute atomic E-state index is 0.0600. The molecule has 0 atom stereocenters. The van der Waals surface area contributed by atoms with E-state index in [1.807, 2.05) is 6.92 Å². The minimum atomic E-state index is -1.11. The van der Waals surface area contributed by atoms with E-state index in [-0.39, 0.29) is 35.4 Å². The number of halogens is 1. The highest BCUT2D eigenvalue weighted by molar-refractivity contribution is 6.32. The Kier molecular flexibility index (Phi) is 7.90. The highest BCUT2D eigenvalue weighted by Crippen LogP contribution is 2.27. The molecule has 3 N–H and O–H groups in total. The Morgan fingerprint density at radius 2 is 1.91 bits per heavy atom. The lowest BCUT2D eigenvalue weighted by Gasteiger charge is -2.09. The van der Waals surface area contributed by atoms with Crippen molar-refractivity contribution in [2.45, 2.75) is 26.2 Å². The third-order valence-electron chi connectivity index (χ3n) is 2.72. The number of carboxylic acid groups (broad SMARTS) is 1. The molecule has 7 nitrogen and oxygen atoms in total. The number of carboxylic acids is 1. The molecule has 2 amide bonds. The van der Waals surface area contributed by atoms with Gasteiger partial charge in [0.25, 0.3) is 0 Å². The number of rotatable bonds is 9. The van der Waals surface area contributed by atoms with Crippen LogP contribution in [0.2, 0.25) is 5.02 Å². The quantitative estimate of drug-likeness (QED) is 0.637. The summed E-state index contributed by atoms with van der Waals surface area (Å²) >= 11 is 5.95. The van der Waals surface area contributed by atoms with E-state index in [1.54, 1.807) is 0 Å². The number of anilines is 1. The summed E-state index contributed by atoms with van der Waals surface area (Å²) in [4.78, 5) is 33.6. The molecule has 0 heterocycles. The fourth-order valence-electron chi connectivity index (χ4n) is 1.64. The molecule has 8 heteroatoms. The molecule has 0 saturated heterocycles. The zero-order chi connectivity index (χ0) is 17.2. The predicted molar refractivity (Wildman–Crippen MR) is 85.7 cm³/mol. The number of nitrogens with one attached hydrogen (secondary N) is 2. The number of hydrogen-bond acceptors (Lipinski definition) is 4. The van der Waals surface area contributed by atoms with Gasteiger partial charge in [0.15, 0.2) is 6.61 Å². The van der Waals surface area contributed by atoms with Crippen molar-refractivity contribution < 1.29 is 24.2 Å². The van der Waals surface area contributed by atoms with Crippen LogP contribution in [0.5, 0.6) is 5.75 Å². The molecule has 0 radical (unpaired) electrons. The fraction of sp³-hybridized carbons (Fsp3) is 0.400. The van der Waals surface area contributed by atoms with Gasteiger partial charge in [0, 0.05) is 25.1 Å². The normalized spacial score (nSPS) is 10.0. The van der Waals surface area contributed by atoms with Crippen LogP contribution < -0.4 is 15.4 Å². The Morgan fingerprint density at radius 3 is 2.52 bits per heavy atom. The minimum Gasteiger partial charge on any atom is -0.480 e. The SMILES string of the molecule is CCCNC(=O)CCC(=O)Nc1ccc(OCC(=O)O)c(Cl)c1. The van der Waals surface area contributed by atoms with E-state index in [1.165, 1.54) is 18.2 Å². The largest absolute Gasteiger partial charge is 0.480 e. The zero-order valence-electron chi connectivity index (χ0n) is 12.7. The first kappa shape index (κ1) is 18.8. The topological polar surface area (TPSA) is 105 Å². The standard InChI is InChI=1S/C15H19ClN2O5/c1-2-7-17-13(19)5-6-14(20)18-10-3-4-12(11(16)8-10)23-9-15(21)22/h3-4,8H,2,5-7,9H2,1H3,(H,17,19)(H,18,20)(H,21,22). The average Bonchev–Trinajstić information content (AvgIpc) is 2.50. The van der Waals surface area contributed by atoms with E-state index in [9.17, 15) is 14.4 Å². The number of carbonyl (C=O) groups is 3.